The number of hydrogen-bond acceptors (Lipinski definition) is 4. The van der Waals surface area contributed by atoms with Crippen LogP contribution in [-0.4, -0.2) is 32.3 Å². The van der Waals surface area contributed by atoms with Crippen LogP contribution in [0.4, 0.5) is 0 Å². The third-order valence-electron chi connectivity index (χ3n) is 3.65. The molecule has 1 atom stereocenters. The fourth-order valence-electron chi connectivity index (χ4n) is 2.19. The summed E-state index contributed by atoms with van der Waals surface area (Å²) in [6.45, 7) is 9.52. The van der Waals surface area contributed by atoms with Crippen molar-refractivity contribution in [3.8, 4) is 5.75 Å². The molecule has 0 heterocycles. The summed E-state index contributed by atoms with van der Waals surface area (Å²) in [7, 11) is 1.42. The highest BCUT2D eigenvalue weighted by Gasteiger charge is 2.18. The van der Waals surface area contributed by atoms with Crippen LogP contribution in [0.5, 0.6) is 5.75 Å². The summed E-state index contributed by atoms with van der Waals surface area (Å²) in [5.41, 5.74) is 3.49. The maximum absolute atomic E-state index is 11.7. The first kappa shape index (κ1) is 17.5. The molecule has 21 heavy (non-hydrogen) atoms. The van der Waals surface area contributed by atoms with Gasteiger partial charge in [0.1, 0.15) is 11.8 Å². The average molecular weight is 293 g/mol. The summed E-state index contributed by atoms with van der Waals surface area (Å²) < 4.78 is 10.7. The zero-order valence-electron chi connectivity index (χ0n) is 13.8. The van der Waals surface area contributed by atoms with E-state index < -0.39 is 0 Å². The summed E-state index contributed by atoms with van der Waals surface area (Å²) in [4.78, 5) is 11.7. The van der Waals surface area contributed by atoms with Crippen LogP contribution in [-0.2, 0) is 9.53 Å². The van der Waals surface area contributed by atoms with E-state index in [-0.39, 0.29) is 12.0 Å². The average Bonchev–Trinajstić information content (AvgIpc) is 2.49. The van der Waals surface area contributed by atoms with Gasteiger partial charge in [-0.25, -0.2) is 0 Å². The summed E-state index contributed by atoms with van der Waals surface area (Å²) in [5.74, 6) is 0.693. The number of esters is 1. The van der Waals surface area contributed by atoms with Gasteiger partial charge >= 0.3 is 5.97 Å². The van der Waals surface area contributed by atoms with E-state index in [1.54, 1.807) is 0 Å². The Morgan fingerprint density at radius 3 is 2.52 bits per heavy atom. The molecule has 0 aliphatic rings. The fourth-order valence-corrected chi connectivity index (χ4v) is 2.19. The van der Waals surface area contributed by atoms with Gasteiger partial charge in [0.15, 0.2) is 0 Å². The second kappa shape index (κ2) is 8.67. The minimum Gasteiger partial charge on any atom is -0.493 e. The molecule has 0 bridgehead atoms. The highest BCUT2D eigenvalue weighted by atomic mass is 16.5. The maximum Gasteiger partial charge on any atom is 0.322 e. The second-order valence-corrected chi connectivity index (χ2v) is 5.32. The molecule has 0 amide bonds. The fraction of sp³-hybridized carbons (Fsp3) is 0.588. The summed E-state index contributed by atoms with van der Waals surface area (Å²) >= 11 is 0. The molecule has 0 fully saturated rings. The van der Waals surface area contributed by atoms with Crippen molar-refractivity contribution in [3.63, 3.8) is 0 Å². The van der Waals surface area contributed by atoms with Crippen molar-refractivity contribution in [2.45, 2.75) is 46.6 Å². The van der Waals surface area contributed by atoms with Gasteiger partial charge in [0, 0.05) is 6.42 Å². The van der Waals surface area contributed by atoms with Crippen LogP contribution in [0.3, 0.4) is 0 Å². The van der Waals surface area contributed by atoms with E-state index in [4.69, 9.17) is 9.47 Å². The van der Waals surface area contributed by atoms with Crippen molar-refractivity contribution in [1.82, 2.24) is 5.32 Å². The van der Waals surface area contributed by atoms with Gasteiger partial charge in [-0.2, -0.15) is 0 Å². The summed E-state index contributed by atoms with van der Waals surface area (Å²) in [6, 6.07) is 3.85. The smallest absolute Gasteiger partial charge is 0.322 e. The Kier molecular flexibility index (Phi) is 7.23. The number of nitrogens with one attached hydrogen (secondary N) is 1. The molecule has 1 aromatic rings. The third kappa shape index (κ3) is 5.05. The van der Waals surface area contributed by atoms with Gasteiger partial charge in [-0.05, 0) is 50.4 Å². The molecule has 1 rings (SSSR count). The van der Waals surface area contributed by atoms with Crippen LogP contribution in [0.2, 0.25) is 0 Å². The molecule has 0 aliphatic carbocycles. The first-order valence-electron chi connectivity index (χ1n) is 7.52. The second-order valence-electron chi connectivity index (χ2n) is 5.32. The topological polar surface area (TPSA) is 47.6 Å². The van der Waals surface area contributed by atoms with E-state index in [1.165, 1.54) is 12.7 Å². The highest BCUT2D eigenvalue weighted by molar-refractivity contribution is 5.75. The largest absolute Gasteiger partial charge is 0.493 e. The first-order chi connectivity index (χ1) is 10.0. The molecule has 0 spiro atoms. The van der Waals surface area contributed by atoms with E-state index in [9.17, 15) is 4.79 Å². The van der Waals surface area contributed by atoms with E-state index >= 15 is 0 Å². The monoisotopic (exact) mass is 293 g/mol. The summed E-state index contributed by atoms with van der Waals surface area (Å²) in [5, 5.41) is 3.19. The van der Waals surface area contributed by atoms with E-state index in [0.29, 0.717) is 13.0 Å². The number of hydrogen-bond donors (Lipinski definition) is 1. The van der Waals surface area contributed by atoms with Crippen LogP contribution < -0.4 is 10.1 Å². The summed E-state index contributed by atoms with van der Waals surface area (Å²) in [6.07, 6.45) is 1.57. The molecular weight excluding hydrogens is 266 g/mol. The zero-order chi connectivity index (χ0) is 15.8. The predicted octanol–water partition coefficient (Wildman–Crippen LogP) is 2.92. The molecule has 1 aromatic carbocycles. The van der Waals surface area contributed by atoms with E-state index in [2.05, 4.69) is 38.2 Å². The lowest BCUT2D eigenvalue weighted by atomic mass is 10.1. The zero-order valence-corrected chi connectivity index (χ0v) is 13.8. The number of benzene rings is 1. The number of carbonyl (C=O) groups is 1. The Bertz CT molecular complexity index is 471. The van der Waals surface area contributed by atoms with Crippen LogP contribution in [0.15, 0.2) is 12.1 Å². The molecule has 1 N–H and O–H groups in total. The molecule has 0 saturated carbocycles. The van der Waals surface area contributed by atoms with Crippen molar-refractivity contribution >= 4 is 5.97 Å². The van der Waals surface area contributed by atoms with Crippen LogP contribution >= 0.6 is 0 Å². The van der Waals surface area contributed by atoms with Gasteiger partial charge < -0.3 is 14.8 Å². The lowest BCUT2D eigenvalue weighted by molar-refractivity contribution is -0.143. The Morgan fingerprint density at radius 2 is 1.90 bits per heavy atom. The minimum atomic E-state index is -0.305. The Hall–Kier alpha value is -1.55. The van der Waals surface area contributed by atoms with Gasteiger partial charge in [-0.3, -0.25) is 4.79 Å². The molecule has 0 aromatic heterocycles. The third-order valence-corrected chi connectivity index (χ3v) is 3.65. The molecule has 0 saturated heterocycles. The van der Waals surface area contributed by atoms with Crippen molar-refractivity contribution in [2.24, 2.45) is 0 Å². The SMILES string of the molecule is CCCNC(CCOc1c(C)ccc(C)c1C)C(=O)OC. The number of carbonyl (C=O) groups excluding carboxylic acids is 1. The highest BCUT2D eigenvalue weighted by Crippen LogP contribution is 2.25. The van der Waals surface area contributed by atoms with Crippen LogP contribution in [0, 0.1) is 20.8 Å². The van der Waals surface area contributed by atoms with Crippen molar-refractivity contribution in [1.29, 1.82) is 0 Å². The number of rotatable bonds is 8. The molecule has 0 aliphatic heterocycles. The standard InChI is InChI=1S/C17H27NO3/c1-6-10-18-15(17(19)20-5)9-11-21-16-13(3)8-7-12(2)14(16)4/h7-8,15,18H,6,9-11H2,1-5H3. The van der Waals surface area contributed by atoms with Crippen molar-refractivity contribution in [3.05, 3.63) is 28.8 Å². The molecular formula is C17H27NO3. The quantitative estimate of drug-likeness (QED) is 0.749. The van der Waals surface area contributed by atoms with Gasteiger partial charge in [0.05, 0.1) is 13.7 Å². The Morgan fingerprint density at radius 1 is 1.24 bits per heavy atom. The normalized spacial score (nSPS) is 12.0. The Labute approximate surface area is 127 Å². The molecule has 1 unspecified atom stereocenters. The number of methoxy groups -OCH3 is 1. The van der Waals surface area contributed by atoms with E-state index in [1.807, 2.05) is 6.92 Å². The molecule has 0 radical (unpaired) electrons. The first-order valence-corrected chi connectivity index (χ1v) is 7.52. The van der Waals surface area contributed by atoms with Gasteiger partial charge in [0.25, 0.3) is 0 Å². The van der Waals surface area contributed by atoms with Crippen molar-refractivity contribution < 1.29 is 14.3 Å². The van der Waals surface area contributed by atoms with Crippen LogP contribution in [0.1, 0.15) is 36.5 Å². The maximum atomic E-state index is 11.7. The van der Waals surface area contributed by atoms with Crippen LogP contribution in [0.25, 0.3) is 0 Å². The molecule has 4 heteroatoms. The minimum absolute atomic E-state index is 0.232. The lowest BCUT2D eigenvalue weighted by Crippen LogP contribution is -2.39. The van der Waals surface area contributed by atoms with Gasteiger partial charge in [-0.15, -0.1) is 0 Å². The molecule has 4 nitrogen and oxygen atoms in total. The number of ether oxygens (including phenoxy) is 2. The molecule has 118 valence electrons. The van der Waals surface area contributed by atoms with Gasteiger partial charge in [0.2, 0.25) is 0 Å². The number of aryl methyl sites for hydroxylation is 2. The van der Waals surface area contributed by atoms with Gasteiger partial charge in [-0.1, -0.05) is 19.1 Å². The van der Waals surface area contributed by atoms with Crippen molar-refractivity contribution in [2.75, 3.05) is 20.3 Å². The van der Waals surface area contributed by atoms with E-state index in [0.717, 1.165) is 29.8 Å². The Balaban J connectivity index is 2.61. The predicted molar refractivity (Wildman–Crippen MR) is 84.9 cm³/mol. The lowest BCUT2D eigenvalue weighted by Gasteiger charge is -2.18.